The zero-order valence-corrected chi connectivity index (χ0v) is 10.1. The van der Waals surface area contributed by atoms with Crippen LogP contribution < -0.4 is 4.74 Å². The van der Waals surface area contributed by atoms with E-state index in [1.54, 1.807) is 0 Å². The Morgan fingerprint density at radius 1 is 1.13 bits per heavy atom. The van der Waals surface area contributed by atoms with Gasteiger partial charge in [0.2, 0.25) is 0 Å². The summed E-state index contributed by atoms with van der Waals surface area (Å²) in [6.07, 6.45) is 5.07. The molecule has 0 fully saturated rings. The fourth-order valence-electron chi connectivity index (χ4n) is 1.43. The molecule has 0 aromatic heterocycles. The third-order valence-electron chi connectivity index (χ3n) is 2.65. The van der Waals surface area contributed by atoms with Crippen molar-refractivity contribution in [3.05, 3.63) is 29.8 Å². The highest BCUT2D eigenvalue weighted by molar-refractivity contribution is 5.27. The summed E-state index contributed by atoms with van der Waals surface area (Å²) in [5.74, 6) is 0.990. The van der Waals surface area contributed by atoms with E-state index < -0.39 is 0 Å². The summed E-state index contributed by atoms with van der Waals surface area (Å²) >= 11 is 0. The van der Waals surface area contributed by atoms with Crippen LogP contribution in [-0.4, -0.2) is 6.10 Å². The lowest BCUT2D eigenvalue weighted by Gasteiger charge is -2.12. The number of hydrogen-bond donors (Lipinski definition) is 0. The van der Waals surface area contributed by atoms with Gasteiger partial charge in [0.25, 0.3) is 0 Å². The van der Waals surface area contributed by atoms with Crippen LogP contribution in [0, 0.1) is 0 Å². The van der Waals surface area contributed by atoms with Gasteiger partial charge >= 0.3 is 0 Å². The Balaban J connectivity index is 2.48. The molecule has 0 N–H and O–H groups in total. The van der Waals surface area contributed by atoms with Crippen molar-refractivity contribution in [1.29, 1.82) is 0 Å². The Bertz CT molecular complexity index is 263. The molecule has 1 nitrogen and oxygen atoms in total. The van der Waals surface area contributed by atoms with Crippen LogP contribution in [0.25, 0.3) is 0 Å². The van der Waals surface area contributed by atoms with Gasteiger partial charge in [-0.25, -0.2) is 0 Å². The minimum atomic E-state index is 0.312. The summed E-state index contributed by atoms with van der Waals surface area (Å²) in [5, 5.41) is 0. The molecule has 0 spiro atoms. The standard InChI is InChI=1S/C14H22O/c1-4-6-7-13-8-10-14(11-9-13)15-12(3)5-2/h8-12H,4-7H2,1-3H3. The van der Waals surface area contributed by atoms with Crippen molar-refractivity contribution in [3.63, 3.8) is 0 Å². The van der Waals surface area contributed by atoms with Crippen molar-refractivity contribution >= 4 is 0 Å². The van der Waals surface area contributed by atoms with Gasteiger partial charge in [-0.2, -0.15) is 0 Å². The third-order valence-corrected chi connectivity index (χ3v) is 2.65. The van der Waals surface area contributed by atoms with Gasteiger partial charge in [-0.1, -0.05) is 32.4 Å². The highest BCUT2D eigenvalue weighted by Gasteiger charge is 2.00. The van der Waals surface area contributed by atoms with Gasteiger partial charge in [-0.3, -0.25) is 0 Å². The van der Waals surface area contributed by atoms with E-state index >= 15 is 0 Å². The molecule has 15 heavy (non-hydrogen) atoms. The van der Waals surface area contributed by atoms with Gasteiger partial charge in [-0.15, -0.1) is 0 Å². The average Bonchev–Trinajstić information content (AvgIpc) is 2.28. The first-order valence-corrected chi connectivity index (χ1v) is 6.01. The van der Waals surface area contributed by atoms with Gasteiger partial charge in [0, 0.05) is 0 Å². The molecule has 0 bridgehead atoms. The molecule has 1 aromatic rings. The number of benzene rings is 1. The van der Waals surface area contributed by atoms with E-state index in [2.05, 4.69) is 45.0 Å². The molecule has 1 aromatic carbocycles. The zero-order valence-electron chi connectivity index (χ0n) is 10.1. The highest BCUT2D eigenvalue weighted by atomic mass is 16.5. The van der Waals surface area contributed by atoms with Crippen LogP contribution in [0.15, 0.2) is 24.3 Å². The van der Waals surface area contributed by atoms with E-state index in [0.29, 0.717) is 6.10 Å². The maximum Gasteiger partial charge on any atom is 0.119 e. The number of rotatable bonds is 6. The second-order valence-electron chi connectivity index (χ2n) is 4.08. The Kier molecular flexibility index (Phi) is 5.23. The van der Waals surface area contributed by atoms with Crippen LogP contribution in [0.2, 0.25) is 0 Å². The summed E-state index contributed by atoms with van der Waals surface area (Å²) in [7, 11) is 0. The molecular formula is C14H22O. The second-order valence-corrected chi connectivity index (χ2v) is 4.08. The molecule has 0 aliphatic heterocycles. The fraction of sp³-hybridized carbons (Fsp3) is 0.571. The van der Waals surface area contributed by atoms with E-state index in [-0.39, 0.29) is 0 Å². The van der Waals surface area contributed by atoms with Gasteiger partial charge in [0.15, 0.2) is 0 Å². The summed E-state index contributed by atoms with van der Waals surface area (Å²) in [5.41, 5.74) is 1.41. The predicted molar refractivity (Wildman–Crippen MR) is 65.4 cm³/mol. The number of hydrogen-bond acceptors (Lipinski definition) is 1. The van der Waals surface area contributed by atoms with E-state index in [1.165, 1.54) is 24.8 Å². The first-order chi connectivity index (χ1) is 7.26. The van der Waals surface area contributed by atoms with E-state index in [9.17, 15) is 0 Å². The Morgan fingerprint density at radius 2 is 1.80 bits per heavy atom. The van der Waals surface area contributed by atoms with Crippen LogP contribution in [0.4, 0.5) is 0 Å². The maximum atomic E-state index is 5.72. The van der Waals surface area contributed by atoms with Crippen molar-refractivity contribution in [1.82, 2.24) is 0 Å². The average molecular weight is 206 g/mol. The van der Waals surface area contributed by atoms with E-state index in [4.69, 9.17) is 4.74 Å². The Labute approximate surface area is 93.5 Å². The normalized spacial score (nSPS) is 12.5. The van der Waals surface area contributed by atoms with Gasteiger partial charge in [0.05, 0.1) is 6.10 Å². The Morgan fingerprint density at radius 3 is 2.33 bits per heavy atom. The fourth-order valence-corrected chi connectivity index (χ4v) is 1.43. The van der Waals surface area contributed by atoms with Crippen molar-refractivity contribution in [3.8, 4) is 5.75 Å². The zero-order chi connectivity index (χ0) is 11.1. The van der Waals surface area contributed by atoms with Crippen molar-refractivity contribution < 1.29 is 4.74 Å². The van der Waals surface area contributed by atoms with Crippen LogP contribution in [-0.2, 0) is 6.42 Å². The number of ether oxygens (including phenoxy) is 1. The van der Waals surface area contributed by atoms with E-state index in [1.807, 2.05) is 0 Å². The molecule has 0 aliphatic rings. The molecule has 84 valence electrons. The maximum absolute atomic E-state index is 5.72. The molecule has 0 saturated heterocycles. The topological polar surface area (TPSA) is 9.23 Å². The highest BCUT2D eigenvalue weighted by Crippen LogP contribution is 2.15. The monoisotopic (exact) mass is 206 g/mol. The van der Waals surface area contributed by atoms with Crippen molar-refractivity contribution in [2.45, 2.75) is 52.6 Å². The van der Waals surface area contributed by atoms with Crippen molar-refractivity contribution in [2.75, 3.05) is 0 Å². The predicted octanol–water partition coefficient (Wildman–Crippen LogP) is 4.21. The molecular weight excluding hydrogens is 184 g/mol. The molecule has 0 radical (unpaired) electrons. The van der Waals surface area contributed by atoms with Crippen LogP contribution in [0.5, 0.6) is 5.75 Å². The summed E-state index contributed by atoms with van der Waals surface area (Å²) < 4.78 is 5.72. The van der Waals surface area contributed by atoms with Gasteiger partial charge < -0.3 is 4.74 Å². The minimum absolute atomic E-state index is 0.312. The molecule has 0 saturated carbocycles. The summed E-state index contributed by atoms with van der Waals surface area (Å²) in [6.45, 7) is 6.46. The first-order valence-electron chi connectivity index (χ1n) is 6.01. The van der Waals surface area contributed by atoms with Crippen LogP contribution in [0.3, 0.4) is 0 Å². The molecule has 1 unspecified atom stereocenters. The van der Waals surface area contributed by atoms with E-state index in [0.717, 1.165) is 12.2 Å². The largest absolute Gasteiger partial charge is 0.491 e. The number of unbranched alkanes of at least 4 members (excludes halogenated alkanes) is 1. The molecule has 0 heterocycles. The second kappa shape index (κ2) is 6.49. The lowest BCUT2D eigenvalue weighted by atomic mass is 10.1. The quantitative estimate of drug-likeness (QED) is 0.677. The molecule has 1 rings (SSSR count). The molecule has 1 atom stereocenters. The van der Waals surface area contributed by atoms with Crippen molar-refractivity contribution in [2.24, 2.45) is 0 Å². The summed E-state index contributed by atoms with van der Waals surface area (Å²) in [6, 6.07) is 8.51. The first kappa shape index (κ1) is 12.1. The van der Waals surface area contributed by atoms with Gasteiger partial charge in [-0.05, 0) is 43.9 Å². The number of aryl methyl sites for hydroxylation is 1. The van der Waals surface area contributed by atoms with Gasteiger partial charge in [0.1, 0.15) is 5.75 Å². The third kappa shape index (κ3) is 4.37. The SMILES string of the molecule is CCCCc1ccc(OC(C)CC)cc1. The van der Waals surface area contributed by atoms with Crippen LogP contribution in [0.1, 0.15) is 45.6 Å². The Hall–Kier alpha value is -0.980. The summed E-state index contributed by atoms with van der Waals surface area (Å²) in [4.78, 5) is 0. The molecule has 0 amide bonds. The molecule has 1 heteroatoms. The lowest BCUT2D eigenvalue weighted by molar-refractivity contribution is 0.217. The lowest BCUT2D eigenvalue weighted by Crippen LogP contribution is -2.09. The van der Waals surface area contributed by atoms with Crippen LogP contribution >= 0.6 is 0 Å². The minimum Gasteiger partial charge on any atom is -0.491 e. The smallest absolute Gasteiger partial charge is 0.119 e. The molecule has 0 aliphatic carbocycles.